The van der Waals surface area contributed by atoms with E-state index in [2.05, 4.69) is 4.98 Å². The van der Waals surface area contributed by atoms with Gasteiger partial charge in [-0.3, -0.25) is 14.0 Å². The summed E-state index contributed by atoms with van der Waals surface area (Å²) in [6.45, 7) is 0.344. The number of carbonyl (C=O) groups excluding carboxylic acids is 1. The molecule has 0 spiro atoms. The molecular formula is C16H12N4O2S. The fraction of sp³-hybridized carbons (Fsp3) is 0.125. The van der Waals surface area contributed by atoms with Crippen molar-refractivity contribution in [3.05, 3.63) is 69.1 Å². The van der Waals surface area contributed by atoms with Gasteiger partial charge in [0.1, 0.15) is 5.56 Å². The van der Waals surface area contributed by atoms with Crippen LogP contribution in [0.1, 0.15) is 21.5 Å². The molecule has 1 amide bonds. The molecule has 3 aromatic rings. The topological polar surface area (TPSA) is 78.5 Å². The molecule has 6 nitrogen and oxygen atoms in total. The molecule has 7 heteroatoms. The zero-order valence-electron chi connectivity index (χ0n) is 12.3. The van der Waals surface area contributed by atoms with Gasteiger partial charge >= 0.3 is 0 Å². The fourth-order valence-electron chi connectivity index (χ4n) is 2.21. The van der Waals surface area contributed by atoms with Gasteiger partial charge in [0.2, 0.25) is 0 Å². The Morgan fingerprint density at radius 2 is 2.13 bits per heavy atom. The van der Waals surface area contributed by atoms with E-state index in [1.54, 1.807) is 42.9 Å². The molecule has 23 heavy (non-hydrogen) atoms. The van der Waals surface area contributed by atoms with Crippen molar-refractivity contribution in [2.45, 2.75) is 6.54 Å². The van der Waals surface area contributed by atoms with Crippen LogP contribution in [0.5, 0.6) is 0 Å². The van der Waals surface area contributed by atoms with Crippen LogP contribution in [-0.4, -0.2) is 27.2 Å². The number of benzene rings is 1. The van der Waals surface area contributed by atoms with E-state index in [4.69, 9.17) is 5.26 Å². The minimum absolute atomic E-state index is 0.0389. The normalized spacial score (nSPS) is 10.4. The van der Waals surface area contributed by atoms with Crippen LogP contribution in [0.25, 0.3) is 4.96 Å². The minimum Gasteiger partial charge on any atom is -0.337 e. The molecule has 0 fully saturated rings. The second-order valence-electron chi connectivity index (χ2n) is 5.00. The van der Waals surface area contributed by atoms with Crippen LogP contribution in [-0.2, 0) is 6.54 Å². The lowest BCUT2D eigenvalue weighted by atomic mass is 10.1. The first-order valence-electron chi connectivity index (χ1n) is 6.79. The molecule has 0 aliphatic carbocycles. The predicted molar refractivity (Wildman–Crippen MR) is 86.3 cm³/mol. The summed E-state index contributed by atoms with van der Waals surface area (Å²) < 4.78 is 1.37. The Hall–Kier alpha value is -2.98. The van der Waals surface area contributed by atoms with E-state index < -0.39 is 0 Å². The molecule has 0 saturated carbocycles. The third kappa shape index (κ3) is 2.84. The zero-order valence-corrected chi connectivity index (χ0v) is 13.1. The Labute approximate surface area is 135 Å². The molecule has 0 radical (unpaired) electrons. The van der Waals surface area contributed by atoms with Crippen molar-refractivity contribution in [3.8, 4) is 6.07 Å². The molecule has 0 aliphatic rings. The quantitative estimate of drug-likeness (QED) is 0.737. The van der Waals surface area contributed by atoms with E-state index in [-0.39, 0.29) is 17.0 Å². The van der Waals surface area contributed by atoms with Crippen molar-refractivity contribution in [2.24, 2.45) is 0 Å². The van der Waals surface area contributed by atoms with Crippen LogP contribution in [0, 0.1) is 11.3 Å². The molecule has 0 aliphatic heterocycles. The number of nitrogens with zero attached hydrogens (tertiary/aromatic N) is 4. The van der Waals surface area contributed by atoms with Gasteiger partial charge in [0.25, 0.3) is 11.5 Å². The third-order valence-electron chi connectivity index (χ3n) is 3.42. The van der Waals surface area contributed by atoms with E-state index >= 15 is 0 Å². The molecule has 3 rings (SSSR count). The molecule has 1 aromatic carbocycles. The molecule has 114 valence electrons. The second kappa shape index (κ2) is 6.02. The van der Waals surface area contributed by atoms with E-state index in [0.717, 1.165) is 5.56 Å². The summed E-state index contributed by atoms with van der Waals surface area (Å²) in [6, 6.07) is 9.01. The Bertz CT molecular complexity index is 966. The first kappa shape index (κ1) is 14.9. The maximum Gasteiger partial charge on any atom is 0.271 e. The average Bonchev–Trinajstić information content (AvgIpc) is 3.05. The number of hydrogen-bond donors (Lipinski definition) is 0. The molecule has 0 saturated heterocycles. The predicted octanol–water partition coefficient (Wildman–Crippen LogP) is 1.90. The van der Waals surface area contributed by atoms with Crippen LogP contribution in [0.2, 0.25) is 0 Å². The number of thiazole rings is 1. The van der Waals surface area contributed by atoms with Gasteiger partial charge < -0.3 is 4.90 Å². The summed E-state index contributed by atoms with van der Waals surface area (Å²) in [7, 11) is 1.63. The number of carbonyl (C=O) groups is 1. The van der Waals surface area contributed by atoms with Gasteiger partial charge in [0.15, 0.2) is 4.96 Å². The number of fused-ring (bicyclic) bond motifs is 1. The highest BCUT2D eigenvalue weighted by molar-refractivity contribution is 7.15. The fourth-order valence-corrected chi connectivity index (χ4v) is 2.88. The SMILES string of the molecule is CN(Cc1ccc(C#N)cc1)C(=O)c1cnc2sccn2c1=O. The molecular weight excluding hydrogens is 312 g/mol. The molecule has 0 N–H and O–H groups in total. The van der Waals surface area contributed by atoms with Crippen molar-refractivity contribution in [1.29, 1.82) is 5.26 Å². The Kier molecular flexibility index (Phi) is 3.91. The van der Waals surface area contributed by atoms with Crippen LogP contribution in [0.3, 0.4) is 0 Å². The summed E-state index contributed by atoms with van der Waals surface area (Å²) in [5.74, 6) is -0.382. The highest BCUT2D eigenvalue weighted by Gasteiger charge is 2.18. The van der Waals surface area contributed by atoms with Crippen LogP contribution in [0.4, 0.5) is 0 Å². The van der Waals surface area contributed by atoms with Crippen molar-refractivity contribution in [2.75, 3.05) is 7.05 Å². The Morgan fingerprint density at radius 3 is 2.83 bits per heavy atom. The summed E-state index contributed by atoms with van der Waals surface area (Å²) >= 11 is 1.34. The van der Waals surface area contributed by atoms with E-state index in [1.165, 1.54) is 26.8 Å². The van der Waals surface area contributed by atoms with Crippen molar-refractivity contribution >= 4 is 22.2 Å². The molecule has 2 aromatic heterocycles. The molecule has 0 bridgehead atoms. The zero-order chi connectivity index (χ0) is 16.4. The first-order valence-corrected chi connectivity index (χ1v) is 7.67. The highest BCUT2D eigenvalue weighted by Crippen LogP contribution is 2.10. The van der Waals surface area contributed by atoms with Crippen LogP contribution in [0.15, 0.2) is 46.8 Å². The summed E-state index contributed by atoms with van der Waals surface area (Å²) in [5, 5.41) is 10.5. The molecule has 0 atom stereocenters. The Morgan fingerprint density at radius 1 is 1.39 bits per heavy atom. The van der Waals surface area contributed by atoms with Gasteiger partial charge in [-0.2, -0.15) is 5.26 Å². The smallest absolute Gasteiger partial charge is 0.271 e. The van der Waals surface area contributed by atoms with Crippen LogP contribution >= 0.6 is 11.3 Å². The monoisotopic (exact) mass is 324 g/mol. The molecule has 2 heterocycles. The lowest BCUT2D eigenvalue weighted by Crippen LogP contribution is -2.32. The van der Waals surface area contributed by atoms with Gasteiger partial charge in [0.05, 0.1) is 11.6 Å². The van der Waals surface area contributed by atoms with Gasteiger partial charge in [0, 0.05) is 31.4 Å². The maximum atomic E-state index is 12.5. The van der Waals surface area contributed by atoms with Gasteiger partial charge in [-0.1, -0.05) is 12.1 Å². The minimum atomic E-state index is -0.382. The average molecular weight is 324 g/mol. The van der Waals surface area contributed by atoms with Gasteiger partial charge in [-0.15, -0.1) is 11.3 Å². The third-order valence-corrected chi connectivity index (χ3v) is 4.19. The highest BCUT2D eigenvalue weighted by atomic mass is 32.1. The number of aromatic nitrogens is 2. The van der Waals surface area contributed by atoms with Crippen molar-refractivity contribution < 1.29 is 4.79 Å². The summed E-state index contributed by atoms with van der Waals surface area (Å²) in [5.41, 5.74) is 1.11. The summed E-state index contributed by atoms with van der Waals surface area (Å²) in [4.78, 5) is 30.9. The van der Waals surface area contributed by atoms with Crippen LogP contribution < -0.4 is 5.56 Å². The lowest BCUT2D eigenvalue weighted by Gasteiger charge is -2.16. The standard InChI is InChI=1S/C16H12N4O2S/c1-19(10-12-4-2-11(8-17)3-5-12)14(21)13-9-18-16-20(15(13)22)6-7-23-16/h2-7,9H,10H2,1H3. The van der Waals surface area contributed by atoms with Crippen molar-refractivity contribution in [3.63, 3.8) is 0 Å². The van der Waals surface area contributed by atoms with E-state index in [0.29, 0.717) is 17.1 Å². The molecule has 0 unspecified atom stereocenters. The van der Waals surface area contributed by atoms with Gasteiger partial charge in [-0.05, 0) is 17.7 Å². The van der Waals surface area contributed by atoms with Crippen molar-refractivity contribution in [1.82, 2.24) is 14.3 Å². The number of rotatable bonds is 3. The number of amides is 1. The largest absolute Gasteiger partial charge is 0.337 e. The lowest BCUT2D eigenvalue weighted by molar-refractivity contribution is 0.0782. The Balaban J connectivity index is 1.84. The summed E-state index contributed by atoms with van der Waals surface area (Å²) in [6.07, 6.45) is 2.93. The van der Waals surface area contributed by atoms with E-state index in [1.807, 2.05) is 6.07 Å². The van der Waals surface area contributed by atoms with Gasteiger partial charge in [-0.25, -0.2) is 4.98 Å². The first-order chi connectivity index (χ1) is 11.1. The number of nitriles is 1. The number of hydrogen-bond acceptors (Lipinski definition) is 5. The maximum absolute atomic E-state index is 12.5. The second-order valence-corrected chi connectivity index (χ2v) is 5.88. The van der Waals surface area contributed by atoms with E-state index in [9.17, 15) is 9.59 Å².